The SMILES string of the molecule is NC[C@@H]1CCC[C@H]1NCc1ccc2c(c1)CN(C1CCC(=O)NC1=O)C2=O. The van der Waals surface area contributed by atoms with E-state index in [2.05, 4.69) is 16.7 Å². The number of benzene rings is 1. The fourth-order valence-electron chi connectivity index (χ4n) is 4.57. The summed E-state index contributed by atoms with van der Waals surface area (Å²) in [5, 5.41) is 5.94. The van der Waals surface area contributed by atoms with Gasteiger partial charge in [0.2, 0.25) is 11.8 Å². The van der Waals surface area contributed by atoms with Crippen LogP contribution in [-0.2, 0) is 22.7 Å². The van der Waals surface area contributed by atoms with Crippen LogP contribution in [0.5, 0.6) is 0 Å². The molecule has 1 aliphatic carbocycles. The monoisotopic (exact) mass is 370 g/mol. The molecule has 7 heteroatoms. The van der Waals surface area contributed by atoms with Crippen molar-refractivity contribution in [3.05, 3.63) is 34.9 Å². The zero-order valence-electron chi connectivity index (χ0n) is 15.4. The first-order valence-corrected chi connectivity index (χ1v) is 9.76. The van der Waals surface area contributed by atoms with Crippen LogP contribution < -0.4 is 16.4 Å². The van der Waals surface area contributed by atoms with Crippen LogP contribution in [0.2, 0.25) is 0 Å². The Labute approximate surface area is 158 Å². The van der Waals surface area contributed by atoms with Crippen molar-refractivity contribution >= 4 is 17.7 Å². The topological polar surface area (TPSA) is 105 Å². The van der Waals surface area contributed by atoms with Crippen LogP contribution in [0.15, 0.2) is 18.2 Å². The maximum absolute atomic E-state index is 12.7. The van der Waals surface area contributed by atoms with E-state index in [1.807, 2.05) is 12.1 Å². The second-order valence-corrected chi connectivity index (χ2v) is 7.81. The molecular weight excluding hydrogens is 344 g/mol. The largest absolute Gasteiger partial charge is 0.330 e. The molecule has 2 heterocycles. The standard InChI is InChI=1S/C20H26N4O3/c21-9-13-2-1-3-16(13)22-10-12-4-5-15-14(8-12)11-24(20(15)27)17-6-7-18(25)23-19(17)26/h4-5,8,13,16-17,22H,1-3,6-7,9-11,21H2,(H,23,25,26)/t13-,16+,17?/m0/s1. The minimum atomic E-state index is -0.562. The van der Waals surface area contributed by atoms with Gasteiger partial charge >= 0.3 is 0 Å². The Morgan fingerprint density at radius 1 is 1.19 bits per heavy atom. The van der Waals surface area contributed by atoms with Crippen LogP contribution >= 0.6 is 0 Å². The number of nitrogens with one attached hydrogen (secondary N) is 2. The van der Waals surface area contributed by atoms with Crippen LogP contribution in [0.4, 0.5) is 0 Å². The van der Waals surface area contributed by atoms with Gasteiger partial charge < -0.3 is 16.0 Å². The van der Waals surface area contributed by atoms with Gasteiger partial charge in [0.25, 0.3) is 5.91 Å². The molecular formula is C20H26N4O3. The van der Waals surface area contributed by atoms with Crippen molar-refractivity contribution in [2.75, 3.05) is 6.54 Å². The Hall–Kier alpha value is -2.25. The van der Waals surface area contributed by atoms with Gasteiger partial charge in [0, 0.05) is 31.1 Å². The molecule has 1 aromatic rings. The summed E-state index contributed by atoms with van der Waals surface area (Å²) in [6.45, 7) is 1.89. The first kappa shape index (κ1) is 18.1. The van der Waals surface area contributed by atoms with Crippen LogP contribution in [0.1, 0.15) is 53.6 Å². The number of nitrogens with zero attached hydrogens (tertiary/aromatic N) is 1. The first-order valence-electron chi connectivity index (χ1n) is 9.76. The summed E-state index contributed by atoms with van der Waals surface area (Å²) in [5.74, 6) is -0.221. The Bertz CT molecular complexity index is 778. The highest BCUT2D eigenvalue weighted by atomic mass is 16.2. The molecule has 1 aromatic carbocycles. The molecule has 1 saturated heterocycles. The molecule has 0 bridgehead atoms. The third kappa shape index (κ3) is 3.49. The van der Waals surface area contributed by atoms with E-state index >= 15 is 0 Å². The predicted octanol–water partition coefficient (Wildman–Crippen LogP) is 0.665. The maximum Gasteiger partial charge on any atom is 0.255 e. The van der Waals surface area contributed by atoms with Gasteiger partial charge in [-0.05, 0) is 48.9 Å². The van der Waals surface area contributed by atoms with E-state index in [4.69, 9.17) is 5.73 Å². The van der Waals surface area contributed by atoms with Crippen molar-refractivity contribution in [2.24, 2.45) is 11.7 Å². The zero-order valence-corrected chi connectivity index (χ0v) is 15.4. The van der Waals surface area contributed by atoms with Crippen LogP contribution in [0.25, 0.3) is 0 Å². The molecule has 2 fully saturated rings. The second kappa shape index (κ2) is 7.40. The number of hydrogen-bond donors (Lipinski definition) is 3. The molecule has 0 spiro atoms. The molecule has 1 unspecified atom stereocenters. The van der Waals surface area contributed by atoms with E-state index in [0.717, 1.165) is 30.6 Å². The van der Waals surface area contributed by atoms with Gasteiger partial charge in [-0.3, -0.25) is 19.7 Å². The molecule has 2 aliphatic heterocycles. The summed E-state index contributed by atoms with van der Waals surface area (Å²) in [5.41, 5.74) is 8.59. The maximum atomic E-state index is 12.7. The van der Waals surface area contributed by atoms with Gasteiger partial charge in [0.1, 0.15) is 6.04 Å². The second-order valence-electron chi connectivity index (χ2n) is 7.81. The number of fused-ring (bicyclic) bond motifs is 1. The summed E-state index contributed by atoms with van der Waals surface area (Å²) in [6, 6.07) is 5.79. The number of carbonyl (C=O) groups excluding carboxylic acids is 3. The lowest BCUT2D eigenvalue weighted by molar-refractivity contribution is -0.136. The summed E-state index contributed by atoms with van der Waals surface area (Å²) in [6.07, 6.45) is 4.23. The number of carbonyl (C=O) groups is 3. The molecule has 7 nitrogen and oxygen atoms in total. The number of hydrogen-bond acceptors (Lipinski definition) is 5. The quantitative estimate of drug-likeness (QED) is 0.661. The zero-order chi connectivity index (χ0) is 19.0. The number of piperidine rings is 1. The predicted molar refractivity (Wildman–Crippen MR) is 99.5 cm³/mol. The minimum absolute atomic E-state index is 0.127. The Morgan fingerprint density at radius 3 is 2.81 bits per heavy atom. The lowest BCUT2D eigenvalue weighted by Gasteiger charge is -2.29. The summed E-state index contributed by atoms with van der Waals surface area (Å²) in [4.78, 5) is 37.8. The fourth-order valence-corrected chi connectivity index (χ4v) is 4.57. The summed E-state index contributed by atoms with van der Waals surface area (Å²) < 4.78 is 0. The lowest BCUT2D eigenvalue weighted by atomic mass is 10.0. The average Bonchev–Trinajstić information content (AvgIpc) is 3.24. The van der Waals surface area contributed by atoms with E-state index in [-0.39, 0.29) is 24.1 Å². The molecule has 0 radical (unpaired) electrons. The molecule has 27 heavy (non-hydrogen) atoms. The van der Waals surface area contributed by atoms with Crippen molar-refractivity contribution in [3.8, 4) is 0 Å². The first-order chi connectivity index (χ1) is 13.1. The van der Waals surface area contributed by atoms with Crippen molar-refractivity contribution in [2.45, 2.75) is 57.3 Å². The van der Waals surface area contributed by atoms with Gasteiger partial charge in [-0.2, -0.15) is 0 Å². The van der Waals surface area contributed by atoms with Gasteiger partial charge in [-0.15, -0.1) is 0 Å². The van der Waals surface area contributed by atoms with Crippen molar-refractivity contribution in [1.29, 1.82) is 0 Å². The Morgan fingerprint density at radius 2 is 2.04 bits per heavy atom. The van der Waals surface area contributed by atoms with Gasteiger partial charge in [0.05, 0.1) is 0 Å². The molecule has 0 aromatic heterocycles. The normalized spacial score (nSPS) is 27.8. The van der Waals surface area contributed by atoms with E-state index in [1.165, 1.54) is 12.8 Å². The smallest absolute Gasteiger partial charge is 0.255 e. The van der Waals surface area contributed by atoms with E-state index < -0.39 is 6.04 Å². The lowest BCUT2D eigenvalue weighted by Crippen LogP contribution is -2.52. The number of rotatable bonds is 5. The van der Waals surface area contributed by atoms with Crippen molar-refractivity contribution in [1.82, 2.24) is 15.5 Å². The molecule has 3 aliphatic rings. The molecule has 3 amide bonds. The molecule has 4 N–H and O–H groups in total. The van der Waals surface area contributed by atoms with Crippen LogP contribution in [0.3, 0.4) is 0 Å². The third-order valence-electron chi connectivity index (χ3n) is 6.12. The summed E-state index contributed by atoms with van der Waals surface area (Å²) >= 11 is 0. The van der Waals surface area contributed by atoms with Gasteiger partial charge in [-0.25, -0.2) is 0 Å². The Kier molecular flexibility index (Phi) is 4.97. The van der Waals surface area contributed by atoms with Gasteiger partial charge in [0.15, 0.2) is 0 Å². The van der Waals surface area contributed by atoms with E-state index in [9.17, 15) is 14.4 Å². The number of imide groups is 1. The van der Waals surface area contributed by atoms with E-state index in [1.54, 1.807) is 4.90 Å². The van der Waals surface area contributed by atoms with Crippen LogP contribution in [0, 0.1) is 5.92 Å². The third-order valence-corrected chi connectivity index (χ3v) is 6.12. The molecule has 144 valence electrons. The highest BCUT2D eigenvalue weighted by molar-refractivity contribution is 6.05. The number of nitrogens with two attached hydrogens (primary N) is 1. The Balaban J connectivity index is 1.43. The van der Waals surface area contributed by atoms with Crippen molar-refractivity contribution in [3.63, 3.8) is 0 Å². The molecule has 4 rings (SSSR count). The molecule has 3 atom stereocenters. The van der Waals surface area contributed by atoms with Crippen LogP contribution in [-0.4, -0.2) is 41.2 Å². The van der Waals surface area contributed by atoms with Crippen molar-refractivity contribution < 1.29 is 14.4 Å². The average molecular weight is 370 g/mol. The van der Waals surface area contributed by atoms with E-state index in [0.29, 0.717) is 30.5 Å². The fraction of sp³-hybridized carbons (Fsp3) is 0.550. The van der Waals surface area contributed by atoms with Gasteiger partial charge in [-0.1, -0.05) is 18.6 Å². The minimum Gasteiger partial charge on any atom is -0.330 e. The molecule has 1 saturated carbocycles. The number of amides is 3. The summed E-state index contributed by atoms with van der Waals surface area (Å²) in [7, 11) is 0. The highest BCUT2D eigenvalue weighted by Crippen LogP contribution is 2.29. The highest BCUT2D eigenvalue weighted by Gasteiger charge is 2.39.